The molecule has 2 fully saturated rings. The molecule has 2 bridgehead atoms. The van der Waals surface area contributed by atoms with E-state index in [0.717, 1.165) is 0 Å². The highest BCUT2D eigenvalue weighted by molar-refractivity contribution is 5.73. The van der Waals surface area contributed by atoms with Crippen LogP contribution in [0.25, 0.3) is 0 Å². The van der Waals surface area contributed by atoms with Gasteiger partial charge < -0.3 is 14.6 Å². The van der Waals surface area contributed by atoms with Crippen LogP contribution in [0.1, 0.15) is 39.5 Å². The summed E-state index contributed by atoms with van der Waals surface area (Å²) in [4.78, 5) is 25.8. The first kappa shape index (κ1) is 16.2. The van der Waals surface area contributed by atoms with Crippen LogP contribution >= 0.6 is 0 Å². The van der Waals surface area contributed by atoms with Gasteiger partial charge in [-0.05, 0) is 39.5 Å². The molecule has 2 unspecified atom stereocenters. The van der Waals surface area contributed by atoms with E-state index in [4.69, 9.17) is 9.47 Å². The maximum atomic E-state index is 11.9. The quantitative estimate of drug-likeness (QED) is 0.754. The summed E-state index contributed by atoms with van der Waals surface area (Å²) in [6, 6.07) is 0.0950. The van der Waals surface area contributed by atoms with Crippen LogP contribution in [-0.2, 0) is 19.1 Å². The third-order valence-corrected chi connectivity index (χ3v) is 4.38. The van der Waals surface area contributed by atoms with E-state index in [1.807, 2.05) is 0 Å². The normalized spacial score (nSPS) is 32.5. The number of ether oxygens (including phenoxy) is 2. The number of rotatable bonds is 5. The average Bonchev–Trinajstić information content (AvgIpc) is 2.40. The molecule has 2 saturated heterocycles. The summed E-state index contributed by atoms with van der Waals surface area (Å²) in [7, 11) is 0. The minimum atomic E-state index is -0.346. The molecule has 6 nitrogen and oxygen atoms in total. The second kappa shape index (κ2) is 7.22. The molecule has 0 spiro atoms. The topological polar surface area (TPSA) is 76.1 Å². The van der Waals surface area contributed by atoms with Crippen LogP contribution in [0.4, 0.5) is 0 Å². The molecule has 4 atom stereocenters. The summed E-state index contributed by atoms with van der Waals surface area (Å²) in [6.07, 6.45) is 2.15. The molecule has 2 aliphatic rings. The molecule has 1 N–H and O–H groups in total. The van der Waals surface area contributed by atoms with E-state index in [0.29, 0.717) is 38.9 Å². The third-order valence-electron chi connectivity index (χ3n) is 4.38. The maximum absolute atomic E-state index is 11.9. The predicted molar refractivity (Wildman–Crippen MR) is 75.5 cm³/mol. The minimum absolute atomic E-state index is 0.0475. The van der Waals surface area contributed by atoms with Gasteiger partial charge in [-0.2, -0.15) is 0 Å². The van der Waals surface area contributed by atoms with Crippen LogP contribution in [-0.4, -0.2) is 59.9 Å². The molecule has 6 heteroatoms. The summed E-state index contributed by atoms with van der Waals surface area (Å²) >= 11 is 0. The zero-order chi connectivity index (χ0) is 15.4. The van der Waals surface area contributed by atoms with Crippen LogP contribution in [0.2, 0.25) is 0 Å². The Morgan fingerprint density at radius 1 is 1.05 bits per heavy atom. The van der Waals surface area contributed by atoms with Crippen molar-refractivity contribution < 1.29 is 24.2 Å². The second-order valence-corrected chi connectivity index (χ2v) is 5.83. The molecule has 0 radical (unpaired) electrons. The lowest BCUT2D eigenvalue weighted by Crippen LogP contribution is -2.57. The van der Waals surface area contributed by atoms with Crippen LogP contribution in [0.5, 0.6) is 0 Å². The lowest BCUT2D eigenvalue weighted by molar-refractivity contribution is -0.157. The van der Waals surface area contributed by atoms with Crippen molar-refractivity contribution in [1.29, 1.82) is 0 Å². The molecule has 2 aliphatic heterocycles. The average molecular weight is 299 g/mol. The maximum Gasteiger partial charge on any atom is 0.320 e. The fourth-order valence-corrected chi connectivity index (χ4v) is 3.58. The first-order chi connectivity index (χ1) is 10.0. The number of aliphatic hydroxyl groups excluding tert-OH is 1. The van der Waals surface area contributed by atoms with Crippen LogP contribution < -0.4 is 0 Å². The van der Waals surface area contributed by atoms with Crippen LogP contribution in [0, 0.1) is 5.92 Å². The lowest BCUT2D eigenvalue weighted by Gasteiger charge is -2.49. The van der Waals surface area contributed by atoms with Crippen molar-refractivity contribution in [3.63, 3.8) is 0 Å². The molecule has 0 aromatic rings. The van der Waals surface area contributed by atoms with Crippen molar-refractivity contribution in [1.82, 2.24) is 4.90 Å². The zero-order valence-corrected chi connectivity index (χ0v) is 12.8. The molecule has 21 heavy (non-hydrogen) atoms. The van der Waals surface area contributed by atoms with Crippen LogP contribution in [0.3, 0.4) is 0 Å². The third kappa shape index (κ3) is 3.95. The zero-order valence-electron chi connectivity index (χ0n) is 12.8. The van der Waals surface area contributed by atoms with E-state index >= 15 is 0 Å². The van der Waals surface area contributed by atoms with Crippen LogP contribution in [0.15, 0.2) is 0 Å². The van der Waals surface area contributed by atoms with Gasteiger partial charge in [0, 0.05) is 12.1 Å². The predicted octanol–water partition coefficient (Wildman–Crippen LogP) is 0.716. The van der Waals surface area contributed by atoms with Gasteiger partial charge in [-0.1, -0.05) is 0 Å². The Balaban J connectivity index is 2.02. The molecule has 2 rings (SSSR count). The second-order valence-electron chi connectivity index (χ2n) is 5.83. The number of carbonyl (C=O) groups excluding carboxylic acids is 2. The number of hydrogen-bond donors (Lipinski definition) is 1. The van der Waals surface area contributed by atoms with Gasteiger partial charge in [-0.15, -0.1) is 0 Å². The van der Waals surface area contributed by atoms with Gasteiger partial charge in [-0.3, -0.25) is 14.5 Å². The molecule has 0 aromatic heterocycles. The smallest absolute Gasteiger partial charge is 0.320 e. The summed E-state index contributed by atoms with van der Waals surface area (Å²) < 4.78 is 10.1. The SMILES string of the molecule is CCOC(=O)CN1[C@@H]2CC(O)C[C@H]1CC(C(=O)OCC)C2. The largest absolute Gasteiger partial charge is 0.466 e. The van der Waals surface area contributed by atoms with E-state index in [2.05, 4.69) is 4.90 Å². The van der Waals surface area contributed by atoms with Gasteiger partial charge in [0.2, 0.25) is 0 Å². The number of nitrogens with zero attached hydrogens (tertiary/aromatic N) is 1. The molecular weight excluding hydrogens is 274 g/mol. The van der Waals surface area contributed by atoms with Crippen molar-refractivity contribution in [2.45, 2.75) is 57.7 Å². The Labute approximate surface area is 125 Å². The van der Waals surface area contributed by atoms with Crippen molar-refractivity contribution in [2.75, 3.05) is 19.8 Å². The van der Waals surface area contributed by atoms with E-state index in [1.54, 1.807) is 13.8 Å². The summed E-state index contributed by atoms with van der Waals surface area (Å²) in [6.45, 7) is 4.59. The van der Waals surface area contributed by atoms with Gasteiger partial charge in [0.15, 0.2) is 0 Å². The van der Waals surface area contributed by atoms with Gasteiger partial charge in [0.1, 0.15) is 0 Å². The first-order valence-corrected chi connectivity index (χ1v) is 7.81. The Kier molecular flexibility index (Phi) is 5.58. The summed E-state index contributed by atoms with van der Waals surface area (Å²) in [5, 5.41) is 9.94. The fourth-order valence-electron chi connectivity index (χ4n) is 3.58. The van der Waals surface area contributed by atoms with Gasteiger partial charge in [-0.25, -0.2) is 0 Å². The van der Waals surface area contributed by atoms with Crippen molar-refractivity contribution in [3.8, 4) is 0 Å². The highest BCUT2D eigenvalue weighted by atomic mass is 16.5. The Hall–Kier alpha value is -1.14. The molecule has 0 aliphatic carbocycles. The number of hydrogen-bond acceptors (Lipinski definition) is 6. The monoisotopic (exact) mass is 299 g/mol. The highest BCUT2D eigenvalue weighted by Gasteiger charge is 2.44. The Morgan fingerprint density at radius 2 is 1.62 bits per heavy atom. The molecule has 120 valence electrons. The Bertz CT molecular complexity index is 370. The first-order valence-electron chi connectivity index (χ1n) is 7.81. The minimum Gasteiger partial charge on any atom is -0.466 e. The molecule has 0 aromatic carbocycles. The van der Waals surface area contributed by atoms with Crippen molar-refractivity contribution in [2.24, 2.45) is 5.92 Å². The number of carbonyl (C=O) groups is 2. The highest BCUT2D eigenvalue weighted by Crippen LogP contribution is 2.37. The van der Waals surface area contributed by atoms with Crippen molar-refractivity contribution >= 4 is 11.9 Å². The van der Waals surface area contributed by atoms with Gasteiger partial charge in [0.05, 0.1) is 31.8 Å². The van der Waals surface area contributed by atoms with E-state index in [9.17, 15) is 14.7 Å². The van der Waals surface area contributed by atoms with Gasteiger partial charge >= 0.3 is 11.9 Å². The van der Waals surface area contributed by atoms with E-state index in [1.165, 1.54) is 0 Å². The van der Waals surface area contributed by atoms with E-state index in [-0.39, 0.29) is 42.6 Å². The van der Waals surface area contributed by atoms with Crippen molar-refractivity contribution in [3.05, 3.63) is 0 Å². The summed E-state index contributed by atoms with van der Waals surface area (Å²) in [5.74, 6) is -0.510. The Morgan fingerprint density at radius 3 is 2.14 bits per heavy atom. The number of fused-ring (bicyclic) bond motifs is 2. The standard InChI is InChI=1S/C15H25NO5/c1-3-20-14(18)9-16-11-5-10(15(19)21-4-2)6-12(16)8-13(17)7-11/h10-13,17H,3-9H2,1-2H3/t10?,11-,12+,13?. The summed E-state index contributed by atoms with van der Waals surface area (Å²) in [5.41, 5.74) is 0. The lowest BCUT2D eigenvalue weighted by atomic mass is 9.77. The van der Waals surface area contributed by atoms with E-state index < -0.39 is 0 Å². The molecular formula is C15H25NO5. The number of esters is 2. The number of piperidine rings is 2. The fraction of sp³-hybridized carbons (Fsp3) is 0.867. The van der Waals surface area contributed by atoms with Gasteiger partial charge in [0.25, 0.3) is 0 Å². The molecule has 2 heterocycles. The molecule has 0 amide bonds. The molecule has 0 saturated carbocycles. The number of aliphatic hydroxyl groups is 1.